The molecule has 0 saturated heterocycles. The molecule has 0 amide bonds. The van der Waals surface area contributed by atoms with Gasteiger partial charge in [-0.05, 0) is 48.9 Å². The molecule has 0 saturated carbocycles. The number of rotatable bonds is 4. The van der Waals surface area contributed by atoms with E-state index in [9.17, 15) is 14.3 Å². The Labute approximate surface area is 131 Å². The average Bonchev–Trinajstić information content (AvgIpc) is 2.44. The zero-order valence-corrected chi connectivity index (χ0v) is 12.5. The van der Waals surface area contributed by atoms with Gasteiger partial charge in [-0.15, -0.1) is 0 Å². The normalized spacial score (nSPS) is 13.5. The smallest absolute Gasteiger partial charge is 0.333 e. The Morgan fingerprint density at radius 2 is 1.76 bits per heavy atom. The Morgan fingerprint density at radius 3 is 2.29 bits per heavy atom. The van der Waals surface area contributed by atoms with E-state index in [4.69, 9.17) is 23.2 Å². The Bertz CT molecular complexity index is 676. The minimum atomic E-state index is -1.42. The maximum absolute atomic E-state index is 12.9. The topological polar surface area (TPSA) is 49.3 Å². The van der Waals surface area contributed by atoms with E-state index >= 15 is 0 Å². The molecule has 6 heteroatoms. The first-order chi connectivity index (χ1) is 9.83. The van der Waals surface area contributed by atoms with Crippen LogP contribution in [0.1, 0.15) is 12.5 Å². The second kappa shape index (κ2) is 5.92. The van der Waals surface area contributed by atoms with Crippen molar-refractivity contribution in [2.45, 2.75) is 12.5 Å². The lowest BCUT2D eigenvalue weighted by atomic mass is 9.91. The van der Waals surface area contributed by atoms with Crippen molar-refractivity contribution in [1.82, 2.24) is 0 Å². The summed E-state index contributed by atoms with van der Waals surface area (Å²) in [6.45, 7) is 1.50. The van der Waals surface area contributed by atoms with Gasteiger partial charge >= 0.3 is 5.97 Å². The molecule has 21 heavy (non-hydrogen) atoms. The first-order valence-electron chi connectivity index (χ1n) is 6.05. The molecule has 1 atom stereocenters. The number of hydrogen-bond donors (Lipinski definition) is 2. The fraction of sp³-hybridized carbons (Fsp3) is 0.133. The summed E-state index contributed by atoms with van der Waals surface area (Å²) in [4.78, 5) is 11.7. The number of benzene rings is 2. The first kappa shape index (κ1) is 15.6. The van der Waals surface area contributed by atoms with Crippen LogP contribution in [-0.2, 0) is 10.3 Å². The van der Waals surface area contributed by atoms with Crippen LogP contribution in [-0.4, -0.2) is 11.1 Å². The Balaban J connectivity index is 2.42. The fourth-order valence-electron chi connectivity index (χ4n) is 1.88. The zero-order valence-electron chi connectivity index (χ0n) is 11.0. The highest BCUT2D eigenvalue weighted by molar-refractivity contribution is 6.42. The highest BCUT2D eigenvalue weighted by Crippen LogP contribution is 2.31. The molecule has 3 nitrogen and oxygen atoms in total. The molecule has 110 valence electrons. The monoisotopic (exact) mass is 327 g/mol. The standard InChI is InChI=1S/C15H12Cl2FNO2/c1-15(14(20)21,9-2-7-12(16)13(17)8-9)19-11-5-3-10(18)4-6-11/h2-8,19H,1H3,(H,20,21). The van der Waals surface area contributed by atoms with Crippen molar-refractivity contribution >= 4 is 34.9 Å². The van der Waals surface area contributed by atoms with Crippen molar-refractivity contribution in [2.75, 3.05) is 5.32 Å². The van der Waals surface area contributed by atoms with Crippen molar-refractivity contribution in [1.29, 1.82) is 0 Å². The summed E-state index contributed by atoms with van der Waals surface area (Å²) in [5.41, 5.74) is -0.507. The molecule has 0 aliphatic rings. The highest BCUT2D eigenvalue weighted by atomic mass is 35.5. The maximum Gasteiger partial charge on any atom is 0.333 e. The first-order valence-corrected chi connectivity index (χ1v) is 6.81. The third-order valence-corrected chi connectivity index (χ3v) is 3.90. The summed E-state index contributed by atoms with van der Waals surface area (Å²) in [7, 11) is 0. The minimum absolute atomic E-state index is 0.266. The highest BCUT2D eigenvalue weighted by Gasteiger charge is 2.35. The van der Waals surface area contributed by atoms with E-state index in [1.807, 2.05) is 0 Å². The van der Waals surface area contributed by atoms with E-state index < -0.39 is 17.3 Å². The third-order valence-electron chi connectivity index (χ3n) is 3.16. The number of anilines is 1. The van der Waals surface area contributed by atoms with Crippen LogP contribution in [0, 0.1) is 5.82 Å². The van der Waals surface area contributed by atoms with Gasteiger partial charge in [0, 0.05) is 5.69 Å². The zero-order chi connectivity index (χ0) is 15.6. The van der Waals surface area contributed by atoms with Gasteiger partial charge in [-0.3, -0.25) is 0 Å². The molecule has 0 fully saturated rings. The SMILES string of the molecule is CC(Nc1ccc(F)cc1)(C(=O)O)c1ccc(Cl)c(Cl)c1. The average molecular weight is 328 g/mol. The number of hydrogen-bond acceptors (Lipinski definition) is 2. The summed E-state index contributed by atoms with van der Waals surface area (Å²) in [5, 5.41) is 13.0. The Morgan fingerprint density at radius 1 is 1.14 bits per heavy atom. The molecule has 2 aromatic rings. The van der Waals surface area contributed by atoms with Crippen molar-refractivity contribution in [2.24, 2.45) is 0 Å². The molecule has 0 spiro atoms. The molecule has 0 radical (unpaired) electrons. The number of halogens is 3. The largest absolute Gasteiger partial charge is 0.479 e. The van der Waals surface area contributed by atoms with Gasteiger partial charge in [-0.25, -0.2) is 9.18 Å². The lowest BCUT2D eigenvalue weighted by Crippen LogP contribution is -2.40. The molecule has 2 rings (SSSR count). The second-order valence-electron chi connectivity index (χ2n) is 4.69. The van der Waals surface area contributed by atoms with E-state index in [0.717, 1.165) is 0 Å². The predicted molar refractivity (Wildman–Crippen MR) is 81.5 cm³/mol. The van der Waals surface area contributed by atoms with Crippen LogP contribution < -0.4 is 5.32 Å². The van der Waals surface area contributed by atoms with Crippen molar-refractivity contribution in [3.63, 3.8) is 0 Å². The van der Waals surface area contributed by atoms with Crippen LogP contribution in [0.3, 0.4) is 0 Å². The summed E-state index contributed by atoms with van der Waals surface area (Å²) in [6.07, 6.45) is 0. The van der Waals surface area contributed by atoms with Crippen molar-refractivity contribution in [3.8, 4) is 0 Å². The van der Waals surface area contributed by atoms with Gasteiger partial charge in [0.25, 0.3) is 0 Å². The fourth-order valence-corrected chi connectivity index (χ4v) is 2.18. The van der Waals surface area contributed by atoms with Gasteiger partial charge in [-0.1, -0.05) is 29.3 Å². The molecule has 2 N–H and O–H groups in total. The quantitative estimate of drug-likeness (QED) is 0.866. The number of aliphatic carboxylic acids is 1. The van der Waals surface area contributed by atoms with Gasteiger partial charge < -0.3 is 10.4 Å². The molecule has 0 heterocycles. The molecular weight excluding hydrogens is 316 g/mol. The van der Waals surface area contributed by atoms with Gasteiger partial charge in [-0.2, -0.15) is 0 Å². The maximum atomic E-state index is 12.9. The van der Waals surface area contributed by atoms with E-state index in [1.165, 1.54) is 43.3 Å². The number of carboxylic acid groups (broad SMARTS) is 1. The van der Waals surface area contributed by atoms with Gasteiger partial charge in [0.05, 0.1) is 10.0 Å². The van der Waals surface area contributed by atoms with E-state index in [0.29, 0.717) is 16.3 Å². The summed E-state index contributed by atoms with van der Waals surface area (Å²) < 4.78 is 12.9. The Kier molecular flexibility index (Phi) is 4.40. The molecular formula is C15H12Cl2FNO2. The van der Waals surface area contributed by atoms with Gasteiger partial charge in [0.2, 0.25) is 0 Å². The number of carbonyl (C=O) groups is 1. The lowest BCUT2D eigenvalue weighted by molar-refractivity contribution is -0.142. The second-order valence-corrected chi connectivity index (χ2v) is 5.51. The summed E-state index contributed by atoms with van der Waals surface area (Å²) >= 11 is 11.8. The molecule has 0 bridgehead atoms. The number of carboxylic acids is 1. The van der Waals surface area contributed by atoms with E-state index in [1.54, 1.807) is 6.07 Å². The van der Waals surface area contributed by atoms with Crippen LogP contribution in [0.4, 0.5) is 10.1 Å². The van der Waals surface area contributed by atoms with E-state index in [2.05, 4.69) is 5.32 Å². The van der Waals surface area contributed by atoms with E-state index in [-0.39, 0.29) is 5.02 Å². The molecule has 0 aromatic heterocycles. The van der Waals surface area contributed by atoms with Crippen molar-refractivity contribution in [3.05, 3.63) is 63.9 Å². The van der Waals surface area contributed by atoms with Gasteiger partial charge in [0.1, 0.15) is 5.82 Å². The predicted octanol–water partition coefficient (Wildman–Crippen LogP) is 4.54. The summed E-state index contributed by atoms with van der Waals surface area (Å²) in [6, 6.07) is 10.0. The van der Waals surface area contributed by atoms with Crippen LogP contribution in [0.5, 0.6) is 0 Å². The van der Waals surface area contributed by atoms with Crippen LogP contribution >= 0.6 is 23.2 Å². The van der Waals surface area contributed by atoms with Crippen LogP contribution in [0.25, 0.3) is 0 Å². The molecule has 2 aromatic carbocycles. The van der Waals surface area contributed by atoms with Gasteiger partial charge in [0.15, 0.2) is 5.54 Å². The van der Waals surface area contributed by atoms with Crippen LogP contribution in [0.15, 0.2) is 42.5 Å². The van der Waals surface area contributed by atoms with Crippen LogP contribution in [0.2, 0.25) is 10.0 Å². The lowest BCUT2D eigenvalue weighted by Gasteiger charge is -2.28. The molecule has 0 aliphatic carbocycles. The summed E-state index contributed by atoms with van der Waals surface area (Å²) in [5.74, 6) is -1.49. The number of nitrogens with one attached hydrogen (secondary N) is 1. The minimum Gasteiger partial charge on any atom is -0.479 e. The Hall–Kier alpha value is -1.78. The van der Waals surface area contributed by atoms with Crippen molar-refractivity contribution < 1.29 is 14.3 Å². The molecule has 1 unspecified atom stereocenters. The third kappa shape index (κ3) is 3.28. The molecule has 0 aliphatic heterocycles.